The third-order valence-electron chi connectivity index (χ3n) is 5.65. The molecule has 2 heterocycles. The number of carbonyl (C=O) groups is 2. The van der Waals surface area contributed by atoms with Crippen molar-refractivity contribution in [1.29, 1.82) is 0 Å². The third-order valence-corrected chi connectivity index (χ3v) is 5.65. The molecule has 3 aromatic rings. The number of hydrogen-bond acceptors (Lipinski definition) is 4. The van der Waals surface area contributed by atoms with Gasteiger partial charge in [0.15, 0.2) is 5.76 Å². The second kappa shape index (κ2) is 10.1. The fourth-order valence-electron chi connectivity index (χ4n) is 3.95. The number of aliphatic carboxylic acids is 1. The van der Waals surface area contributed by atoms with Crippen molar-refractivity contribution in [2.45, 2.75) is 38.8 Å². The first-order valence-electron chi connectivity index (χ1n) is 10.8. The predicted molar refractivity (Wildman–Crippen MR) is 123 cm³/mol. The Kier molecular flexibility index (Phi) is 6.80. The molecule has 0 saturated carbocycles. The lowest BCUT2D eigenvalue weighted by atomic mass is 9.96. The van der Waals surface area contributed by atoms with Crippen LogP contribution in [0.4, 0.5) is 0 Å². The number of hydrogen-bond donors (Lipinski definition) is 1. The first-order valence-corrected chi connectivity index (χ1v) is 10.8. The Hall–Kier alpha value is -3.98. The number of carboxylic acids is 1. The maximum Gasteiger partial charge on any atom is 0.304 e. The molecular formula is C27H25NO5. The Morgan fingerprint density at radius 3 is 2.58 bits per heavy atom. The van der Waals surface area contributed by atoms with E-state index in [1.807, 2.05) is 24.3 Å². The van der Waals surface area contributed by atoms with Gasteiger partial charge in [-0.3, -0.25) is 9.59 Å². The predicted octanol–water partition coefficient (Wildman–Crippen LogP) is 4.64. The lowest BCUT2D eigenvalue weighted by Crippen LogP contribution is -2.35. The zero-order valence-corrected chi connectivity index (χ0v) is 18.4. The van der Waals surface area contributed by atoms with Gasteiger partial charge in [0.2, 0.25) is 0 Å². The molecule has 1 N–H and O–H groups in total. The molecule has 1 unspecified atom stereocenters. The molecule has 0 bridgehead atoms. The second-order valence-corrected chi connectivity index (χ2v) is 7.91. The lowest BCUT2D eigenvalue weighted by Gasteiger charge is -2.28. The van der Waals surface area contributed by atoms with Crippen LogP contribution in [-0.2, 0) is 24.4 Å². The number of nitrogens with zero attached hydrogens (tertiary/aromatic N) is 1. The Morgan fingerprint density at radius 1 is 1.09 bits per heavy atom. The smallest absolute Gasteiger partial charge is 0.304 e. The van der Waals surface area contributed by atoms with Crippen LogP contribution in [0.2, 0.25) is 0 Å². The number of amides is 1. The van der Waals surface area contributed by atoms with Crippen LogP contribution in [0.1, 0.15) is 52.3 Å². The van der Waals surface area contributed by atoms with Gasteiger partial charge in [-0.1, -0.05) is 42.3 Å². The Labute approximate surface area is 192 Å². The van der Waals surface area contributed by atoms with Gasteiger partial charge in [-0.25, -0.2) is 0 Å². The van der Waals surface area contributed by atoms with E-state index in [2.05, 4.69) is 24.0 Å². The van der Waals surface area contributed by atoms with Crippen LogP contribution < -0.4 is 4.74 Å². The Balaban J connectivity index is 1.35. The molecule has 4 rings (SSSR count). The van der Waals surface area contributed by atoms with Gasteiger partial charge in [0, 0.05) is 13.1 Å². The van der Waals surface area contributed by atoms with E-state index in [1.165, 1.54) is 11.1 Å². The van der Waals surface area contributed by atoms with Crippen LogP contribution in [0.15, 0.2) is 65.1 Å². The van der Waals surface area contributed by atoms with Gasteiger partial charge in [-0.2, -0.15) is 0 Å². The molecule has 0 saturated heterocycles. The molecule has 0 spiro atoms. The normalized spacial score (nSPS) is 13.4. The number of benzene rings is 2. The maximum atomic E-state index is 12.9. The van der Waals surface area contributed by atoms with Crippen molar-refractivity contribution in [3.63, 3.8) is 0 Å². The van der Waals surface area contributed by atoms with E-state index in [-0.39, 0.29) is 24.9 Å². The Morgan fingerprint density at radius 2 is 1.85 bits per heavy atom. The van der Waals surface area contributed by atoms with Crippen LogP contribution in [-0.4, -0.2) is 28.4 Å². The van der Waals surface area contributed by atoms with Crippen molar-refractivity contribution in [3.8, 4) is 17.6 Å². The molecule has 168 valence electrons. The van der Waals surface area contributed by atoms with Gasteiger partial charge < -0.3 is 19.2 Å². The Bertz CT molecular complexity index is 1200. The quantitative estimate of drug-likeness (QED) is 0.538. The molecule has 6 heteroatoms. The van der Waals surface area contributed by atoms with Gasteiger partial charge in [0.05, 0.1) is 12.3 Å². The molecule has 0 aliphatic carbocycles. The molecule has 1 aromatic heterocycles. The van der Waals surface area contributed by atoms with Crippen molar-refractivity contribution in [2.75, 3.05) is 6.54 Å². The van der Waals surface area contributed by atoms with Crippen molar-refractivity contribution in [3.05, 3.63) is 88.9 Å². The minimum atomic E-state index is -0.889. The highest BCUT2D eigenvalue weighted by Crippen LogP contribution is 2.24. The van der Waals surface area contributed by atoms with Crippen LogP contribution >= 0.6 is 0 Å². The first-order chi connectivity index (χ1) is 16.0. The minimum Gasteiger partial charge on any atom is -0.486 e. The van der Waals surface area contributed by atoms with E-state index < -0.39 is 5.97 Å². The minimum absolute atomic E-state index is 0.0488. The maximum absolute atomic E-state index is 12.9. The average Bonchev–Trinajstić information content (AvgIpc) is 3.31. The fourth-order valence-corrected chi connectivity index (χ4v) is 3.95. The van der Waals surface area contributed by atoms with Crippen LogP contribution in [0, 0.1) is 11.8 Å². The average molecular weight is 443 g/mol. The van der Waals surface area contributed by atoms with Crippen molar-refractivity contribution in [2.24, 2.45) is 0 Å². The number of rotatable bonds is 7. The standard InChI is InChI=1S/C27H25NO5/c1-2-5-21(16-26(29)30)20-8-10-23(11-9-20)32-18-24-12-13-25(33-24)27(31)28-15-14-19-6-3-4-7-22(19)17-28/h3-4,6-13,21H,14-18H2,1H3,(H,29,30). The summed E-state index contributed by atoms with van der Waals surface area (Å²) in [4.78, 5) is 25.7. The molecule has 1 aliphatic heterocycles. The molecule has 1 amide bonds. The molecular weight excluding hydrogens is 418 g/mol. The number of ether oxygens (including phenoxy) is 1. The summed E-state index contributed by atoms with van der Waals surface area (Å²) < 4.78 is 11.5. The van der Waals surface area contributed by atoms with Crippen molar-refractivity contribution in [1.82, 2.24) is 4.90 Å². The van der Waals surface area contributed by atoms with Crippen molar-refractivity contribution < 1.29 is 23.8 Å². The molecule has 6 nitrogen and oxygen atoms in total. The molecule has 1 aliphatic rings. The first kappa shape index (κ1) is 22.2. The summed E-state index contributed by atoms with van der Waals surface area (Å²) in [7, 11) is 0. The number of carbonyl (C=O) groups excluding carboxylic acids is 1. The van der Waals surface area contributed by atoms with E-state index >= 15 is 0 Å². The van der Waals surface area contributed by atoms with Crippen LogP contribution in [0.25, 0.3) is 0 Å². The SMILES string of the molecule is CC#CC(CC(=O)O)c1ccc(OCc2ccc(C(=O)N3CCc4ccccc4C3)o2)cc1. The summed E-state index contributed by atoms with van der Waals surface area (Å²) in [6, 6.07) is 18.8. The largest absolute Gasteiger partial charge is 0.486 e. The summed E-state index contributed by atoms with van der Waals surface area (Å²) >= 11 is 0. The number of furan rings is 1. The fraction of sp³-hybridized carbons (Fsp3) is 0.259. The molecule has 2 aromatic carbocycles. The van der Waals surface area contributed by atoms with E-state index in [0.717, 1.165) is 12.0 Å². The monoisotopic (exact) mass is 443 g/mol. The molecule has 33 heavy (non-hydrogen) atoms. The van der Waals surface area contributed by atoms with E-state index in [0.29, 0.717) is 30.4 Å². The van der Waals surface area contributed by atoms with Gasteiger partial charge in [-0.05, 0) is 54.3 Å². The van der Waals surface area contributed by atoms with E-state index in [4.69, 9.17) is 14.3 Å². The van der Waals surface area contributed by atoms with E-state index in [9.17, 15) is 9.59 Å². The summed E-state index contributed by atoms with van der Waals surface area (Å²) in [5, 5.41) is 9.07. The number of carboxylic acid groups (broad SMARTS) is 1. The lowest BCUT2D eigenvalue weighted by molar-refractivity contribution is -0.137. The zero-order valence-electron chi connectivity index (χ0n) is 18.4. The second-order valence-electron chi connectivity index (χ2n) is 7.91. The number of fused-ring (bicyclic) bond motifs is 1. The van der Waals surface area contributed by atoms with Gasteiger partial charge in [0.25, 0.3) is 5.91 Å². The summed E-state index contributed by atoms with van der Waals surface area (Å²) in [6.45, 7) is 3.13. The summed E-state index contributed by atoms with van der Waals surface area (Å²) in [6.07, 6.45) is 0.790. The molecule has 0 radical (unpaired) electrons. The highest BCUT2D eigenvalue weighted by atomic mass is 16.5. The van der Waals surface area contributed by atoms with Gasteiger partial charge in [0.1, 0.15) is 18.1 Å². The van der Waals surface area contributed by atoms with Gasteiger partial charge >= 0.3 is 5.97 Å². The summed E-state index contributed by atoms with van der Waals surface area (Å²) in [5.74, 6) is 5.82. The summed E-state index contributed by atoms with van der Waals surface area (Å²) in [5.41, 5.74) is 3.29. The van der Waals surface area contributed by atoms with Gasteiger partial charge in [-0.15, -0.1) is 5.92 Å². The molecule has 0 fully saturated rings. The van der Waals surface area contributed by atoms with E-state index in [1.54, 1.807) is 36.1 Å². The topological polar surface area (TPSA) is 80.0 Å². The van der Waals surface area contributed by atoms with Crippen molar-refractivity contribution >= 4 is 11.9 Å². The third kappa shape index (κ3) is 5.45. The molecule has 1 atom stereocenters. The van der Waals surface area contributed by atoms with Crippen LogP contribution in [0.3, 0.4) is 0 Å². The zero-order chi connectivity index (χ0) is 23.2. The highest BCUT2D eigenvalue weighted by Gasteiger charge is 2.24. The van der Waals surface area contributed by atoms with Crippen LogP contribution in [0.5, 0.6) is 5.75 Å². The highest BCUT2D eigenvalue weighted by molar-refractivity contribution is 5.91.